The molecule has 0 aliphatic carbocycles. The zero-order valence-electron chi connectivity index (χ0n) is 14.3. The van der Waals surface area contributed by atoms with E-state index in [1.165, 1.54) is 0 Å². The van der Waals surface area contributed by atoms with Crippen molar-refractivity contribution in [1.82, 2.24) is 5.32 Å². The van der Waals surface area contributed by atoms with Crippen molar-refractivity contribution in [3.63, 3.8) is 0 Å². The van der Waals surface area contributed by atoms with Crippen LogP contribution in [0.25, 0.3) is 0 Å². The van der Waals surface area contributed by atoms with Gasteiger partial charge < -0.3 is 31.1 Å². The number of nitrogens with two attached hydrogens (primary N) is 1. The molecule has 2 aromatic carbocycles. The van der Waals surface area contributed by atoms with Gasteiger partial charge in [-0.25, -0.2) is 4.79 Å². The Labute approximate surface area is 152 Å². The van der Waals surface area contributed by atoms with E-state index in [1.807, 2.05) is 30.3 Å². The molecular weight excluding hydrogens is 336 g/mol. The summed E-state index contributed by atoms with van der Waals surface area (Å²) < 4.78 is 5.06. The molecule has 2 aromatic rings. The molecule has 26 heavy (non-hydrogen) atoms. The highest BCUT2D eigenvalue weighted by Gasteiger charge is 2.19. The van der Waals surface area contributed by atoms with Crippen LogP contribution in [0.15, 0.2) is 48.5 Å². The van der Waals surface area contributed by atoms with Gasteiger partial charge in [0.15, 0.2) is 0 Å². The first kappa shape index (κ1) is 19.7. The van der Waals surface area contributed by atoms with Crippen molar-refractivity contribution in [2.24, 2.45) is 0 Å². The molecule has 2 atom stereocenters. The summed E-state index contributed by atoms with van der Waals surface area (Å²) in [4.78, 5) is 11.6. The number of amides is 1. The van der Waals surface area contributed by atoms with Gasteiger partial charge in [0.2, 0.25) is 0 Å². The number of rotatable bonds is 8. The highest BCUT2D eigenvalue weighted by molar-refractivity contribution is 5.67. The van der Waals surface area contributed by atoms with Crippen LogP contribution in [0.2, 0.25) is 0 Å². The van der Waals surface area contributed by atoms with Crippen molar-refractivity contribution < 1.29 is 24.9 Å². The summed E-state index contributed by atoms with van der Waals surface area (Å²) in [7, 11) is 0. The number of aliphatic hydroxyl groups excluding tert-OH is 3. The molecule has 2 unspecified atom stereocenters. The predicted octanol–water partition coefficient (Wildman–Crippen LogP) is 1.47. The molecule has 0 spiro atoms. The number of carbonyl (C=O) groups excluding carboxylic acids is 1. The Morgan fingerprint density at radius 2 is 1.88 bits per heavy atom. The van der Waals surface area contributed by atoms with Gasteiger partial charge in [0.05, 0.1) is 12.7 Å². The fraction of sp³-hybridized carbons (Fsp3) is 0.316. The number of hydrogen-bond donors (Lipinski definition) is 5. The maximum atomic E-state index is 11.6. The Morgan fingerprint density at radius 1 is 1.15 bits per heavy atom. The minimum atomic E-state index is -1.15. The van der Waals surface area contributed by atoms with Crippen LogP contribution in [0, 0.1) is 0 Å². The van der Waals surface area contributed by atoms with E-state index >= 15 is 0 Å². The Balaban J connectivity index is 1.75. The second-order valence-electron chi connectivity index (χ2n) is 5.91. The molecule has 1 amide bonds. The molecule has 7 heteroatoms. The maximum Gasteiger partial charge on any atom is 0.407 e. The van der Waals surface area contributed by atoms with Crippen molar-refractivity contribution >= 4 is 11.8 Å². The van der Waals surface area contributed by atoms with Gasteiger partial charge in [-0.3, -0.25) is 0 Å². The number of ether oxygens (including phenoxy) is 1. The highest BCUT2D eigenvalue weighted by Crippen LogP contribution is 2.23. The Kier molecular flexibility index (Phi) is 7.40. The molecule has 0 fully saturated rings. The van der Waals surface area contributed by atoms with Crippen molar-refractivity contribution in [2.75, 3.05) is 12.3 Å². The van der Waals surface area contributed by atoms with Crippen LogP contribution >= 0.6 is 0 Å². The van der Waals surface area contributed by atoms with E-state index in [-0.39, 0.29) is 26.2 Å². The third-order valence-corrected chi connectivity index (χ3v) is 3.97. The van der Waals surface area contributed by atoms with Crippen LogP contribution in [0.3, 0.4) is 0 Å². The van der Waals surface area contributed by atoms with E-state index in [2.05, 4.69) is 5.32 Å². The number of benzene rings is 2. The number of anilines is 1. The van der Waals surface area contributed by atoms with Crippen LogP contribution in [-0.2, 0) is 18.0 Å². The monoisotopic (exact) mass is 360 g/mol. The van der Waals surface area contributed by atoms with Gasteiger partial charge in [-0.05, 0) is 29.7 Å². The summed E-state index contributed by atoms with van der Waals surface area (Å²) >= 11 is 0. The van der Waals surface area contributed by atoms with Crippen LogP contribution in [0.5, 0.6) is 0 Å². The molecule has 2 rings (SSSR count). The molecule has 0 aliphatic rings. The van der Waals surface area contributed by atoms with Crippen LogP contribution in [-0.4, -0.2) is 34.1 Å². The first-order chi connectivity index (χ1) is 12.5. The number of nitrogen functional groups attached to an aromatic ring is 1. The van der Waals surface area contributed by atoms with Gasteiger partial charge in [0.1, 0.15) is 12.7 Å². The fourth-order valence-corrected chi connectivity index (χ4v) is 2.42. The van der Waals surface area contributed by atoms with Crippen molar-refractivity contribution in [1.29, 1.82) is 0 Å². The molecule has 0 heterocycles. The zero-order valence-corrected chi connectivity index (χ0v) is 14.3. The van der Waals surface area contributed by atoms with E-state index in [9.17, 15) is 20.1 Å². The van der Waals surface area contributed by atoms with Crippen LogP contribution in [0.4, 0.5) is 10.5 Å². The lowest BCUT2D eigenvalue weighted by Gasteiger charge is -2.19. The van der Waals surface area contributed by atoms with E-state index in [1.54, 1.807) is 18.2 Å². The van der Waals surface area contributed by atoms with Gasteiger partial charge in [0, 0.05) is 17.8 Å². The zero-order chi connectivity index (χ0) is 18.9. The van der Waals surface area contributed by atoms with E-state index in [4.69, 9.17) is 10.5 Å². The normalized spacial score (nSPS) is 13.0. The second kappa shape index (κ2) is 9.76. The molecule has 0 saturated carbocycles. The van der Waals surface area contributed by atoms with Crippen molar-refractivity contribution in [2.45, 2.75) is 31.8 Å². The summed E-state index contributed by atoms with van der Waals surface area (Å²) in [6, 6.07) is 14.0. The van der Waals surface area contributed by atoms with E-state index in [0.29, 0.717) is 16.8 Å². The first-order valence-electron chi connectivity index (χ1n) is 8.31. The van der Waals surface area contributed by atoms with Gasteiger partial charge in [-0.2, -0.15) is 0 Å². The molecule has 7 nitrogen and oxygen atoms in total. The van der Waals surface area contributed by atoms with Crippen molar-refractivity contribution in [3.05, 3.63) is 65.2 Å². The largest absolute Gasteiger partial charge is 0.445 e. The number of aliphatic hydroxyl groups is 3. The second-order valence-corrected chi connectivity index (χ2v) is 5.91. The number of carbonyl (C=O) groups is 1. The van der Waals surface area contributed by atoms with E-state index in [0.717, 1.165) is 5.56 Å². The molecule has 0 bridgehead atoms. The predicted molar refractivity (Wildman–Crippen MR) is 97.0 cm³/mol. The topological polar surface area (TPSA) is 125 Å². The average Bonchev–Trinajstić information content (AvgIpc) is 2.67. The quantitative estimate of drug-likeness (QED) is 0.454. The molecular formula is C19H24N2O5. The smallest absolute Gasteiger partial charge is 0.407 e. The molecule has 0 aromatic heterocycles. The first-order valence-corrected chi connectivity index (χ1v) is 8.31. The number of hydrogen-bond acceptors (Lipinski definition) is 6. The number of alkyl carbamates (subject to hydrolysis) is 1. The molecule has 0 saturated heterocycles. The third kappa shape index (κ3) is 5.73. The lowest BCUT2D eigenvalue weighted by Crippen LogP contribution is -2.29. The van der Waals surface area contributed by atoms with Crippen molar-refractivity contribution in [3.8, 4) is 0 Å². The molecule has 6 N–H and O–H groups in total. The lowest BCUT2D eigenvalue weighted by atomic mass is 9.99. The van der Waals surface area contributed by atoms with Gasteiger partial charge in [-0.1, -0.05) is 36.4 Å². The standard InChI is InChI=1S/C19H24N2O5/c20-16-7-6-14(10-15(16)11-22)18(24)17(23)8-9-21-19(25)26-12-13-4-2-1-3-5-13/h1-7,10,17-18,22-24H,8-9,11-12,20H2,(H,21,25). The number of nitrogens with one attached hydrogen (secondary N) is 1. The fourth-order valence-electron chi connectivity index (χ4n) is 2.42. The molecule has 0 radical (unpaired) electrons. The minimum absolute atomic E-state index is 0.139. The highest BCUT2D eigenvalue weighted by atomic mass is 16.5. The van der Waals surface area contributed by atoms with Gasteiger partial charge >= 0.3 is 6.09 Å². The lowest BCUT2D eigenvalue weighted by molar-refractivity contribution is 0.0135. The minimum Gasteiger partial charge on any atom is -0.445 e. The summed E-state index contributed by atoms with van der Waals surface area (Å²) in [5.41, 5.74) is 7.92. The third-order valence-electron chi connectivity index (χ3n) is 3.97. The SMILES string of the molecule is Nc1ccc(C(O)C(O)CCNC(=O)OCc2ccccc2)cc1CO. The summed E-state index contributed by atoms with van der Waals surface area (Å²) in [6.07, 6.45) is -2.69. The maximum absolute atomic E-state index is 11.6. The van der Waals surface area contributed by atoms with Gasteiger partial charge in [0.25, 0.3) is 0 Å². The molecule has 0 aliphatic heterocycles. The summed E-state index contributed by atoms with van der Waals surface area (Å²) in [6.45, 7) is 0.0538. The Hall–Kier alpha value is -2.61. The Bertz CT molecular complexity index is 708. The average molecular weight is 360 g/mol. The molecule has 140 valence electrons. The summed E-state index contributed by atoms with van der Waals surface area (Å²) in [5.74, 6) is 0. The van der Waals surface area contributed by atoms with Crippen LogP contribution < -0.4 is 11.1 Å². The van der Waals surface area contributed by atoms with Gasteiger partial charge in [-0.15, -0.1) is 0 Å². The van der Waals surface area contributed by atoms with E-state index < -0.39 is 18.3 Å². The Morgan fingerprint density at radius 3 is 2.58 bits per heavy atom. The summed E-state index contributed by atoms with van der Waals surface area (Å²) in [5, 5.41) is 32.0. The van der Waals surface area contributed by atoms with Crippen LogP contribution in [0.1, 0.15) is 29.2 Å².